The van der Waals surface area contributed by atoms with Gasteiger partial charge < -0.3 is 10.6 Å². The van der Waals surface area contributed by atoms with Gasteiger partial charge in [-0.25, -0.2) is 0 Å². The first-order chi connectivity index (χ1) is 8.16. The smallest absolute Gasteiger partial charge is 0.237 e. The second-order valence-electron chi connectivity index (χ2n) is 4.48. The van der Waals surface area contributed by atoms with Gasteiger partial charge in [0.1, 0.15) is 0 Å². The predicted octanol–water partition coefficient (Wildman–Crippen LogP) is 2.21. The van der Waals surface area contributed by atoms with E-state index in [1.807, 2.05) is 31.2 Å². The summed E-state index contributed by atoms with van der Waals surface area (Å²) < 4.78 is 1.07. The molecule has 2 N–H and O–H groups in total. The standard InChI is InChI=1S/C13H17BrN2O/c1-9(13(17)16-11-6-7-11)15-8-10-4-2-3-5-12(10)14/h2-5,9,11,15H,6-8H2,1H3,(H,16,17). The van der Waals surface area contributed by atoms with E-state index < -0.39 is 0 Å². The fourth-order valence-electron chi connectivity index (χ4n) is 1.55. The molecule has 1 aromatic carbocycles. The van der Waals surface area contributed by atoms with Crippen molar-refractivity contribution in [3.63, 3.8) is 0 Å². The summed E-state index contributed by atoms with van der Waals surface area (Å²) in [5.41, 5.74) is 1.17. The van der Waals surface area contributed by atoms with Crippen LogP contribution in [0.3, 0.4) is 0 Å². The molecule has 4 heteroatoms. The maximum Gasteiger partial charge on any atom is 0.237 e. The van der Waals surface area contributed by atoms with Crippen molar-refractivity contribution >= 4 is 21.8 Å². The van der Waals surface area contributed by atoms with Crippen LogP contribution >= 0.6 is 15.9 Å². The average Bonchev–Trinajstić information content (AvgIpc) is 3.11. The van der Waals surface area contributed by atoms with Crippen molar-refractivity contribution in [3.05, 3.63) is 34.3 Å². The molecule has 17 heavy (non-hydrogen) atoms. The minimum Gasteiger partial charge on any atom is -0.352 e. The molecule has 0 bridgehead atoms. The van der Waals surface area contributed by atoms with Crippen molar-refractivity contribution in [2.45, 2.75) is 38.4 Å². The molecule has 2 rings (SSSR count). The van der Waals surface area contributed by atoms with Gasteiger partial charge in [-0.15, -0.1) is 0 Å². The Kier molecular flexibility index (Phi) is 4.18. The minimum atomic E-state index is -0.150. The van der Waals surface area contributed by atoms with E-state index in [-0.39, 0.29) is 11.9 Å². The lowest BCUT2D eigenvalue weighted by atomic mass is 10.2. The molecule has 1 fully saturated rings. The van der Waals surface area contributed by atoms with Crippen LogP contribution in [0.25, 0.3) is 0 Å². The van der Waals surface area contributed by atoms with Gasteiger partial charge in [0.15, 0.2) is 0 Å². The largest absolute Gasteiger partial charge is 0.352 e. The number of carbonyl (C=O) groups is 1. The van der Waals surface area contributed by atoms with Gasteiger partial charge in [-0.1, -0.05) is 34.1 Å². The lowest BCUT2D eigenvalue weighted by Crippen LogP contribution is -2.42. The SMILES string of the molecule is CC(NCc1ccccc1Br)C(=O)NC1CC1. The number of amides is 1. The van der Waals surface area contributed by atoms with Gasteiger partial charge in [-0.05, 0) is 31.4 Å². The topological polar surface area (TPSA) is 41.1 Å². The Labute approximate surface area is 110 Å². The van der Waals surface area contributed by atoms with Crippen LogP contribution in [0.5, 0.6) is 0 Å². The van der Waals surface area contributed by atoms with Crippen LogP contribution in [0, 0.1) is 0 Å². The molecule has 0 heterocycles. The maximum absolute atomic E-state index is 11.7. The molecule has 0 radical (unpaired) electrons. The summed E-state index contributed by atoms with van der Waals surface area (Å²) in [5.74, 6) is 0.0968. The van der Waals surface area contributed by atoms with Crippen LogP contribution in [0.1, 0.15) is 25.3 Å². The van der Waals surface area contributed by atoms with Crippen LogP contribution in [-0.2, 0) is 11.3 Å². The monoisotopic (exact) mass is 296 g/mol. The Morgan fingerprint density at radius 1 is 1.47 bits per heavy atom. The molecular formula is C13H17BrN2O. The summed E-state index contributed by atoms with van der Waals surface area (Å²) in [4.78, 5) is 11.7. The Morgan fingerprint density at radius 3 is 2.82 bits per heavy atom. The minimum absolute atomic E-state index is 0.0968. The maximum atomic E-state index is 11.7. The van der Waals surface area contributed by atoms with Gasteiger partial charge in [0.05, 0.1) is 6.04 Å². The predicted molar refractivity (Wildman–Crippen MR) is 71.6 cm³/mol. The molecule has 0 spiro atoms. The second-order valence-corrected chi connectivity index (χ2v) is 5.33. The first kappa shape index (κ1) is 12.6. The van der Waals surface area contributed by atoms with Gasteiger partial charge in [0.2, 0.25) is 5.91 Å². The van der Waals surface area contributed by atoms with Crippen LogP contribution in [-0.4, -0.2) is 18.0 Å². The summed E-state index contributed by atoms with van der Waals surface area (Å²) in [6, 6.07) is 8.31. The van der Waals surface area contributed by atoms with E-state index in [0.29, 0.717) is 12.6 Å². The zero-order chi connectivity index (χ0) is 12.3. The van der Waals surface area contributed by atoms with Crippen LogP contribution in [0.4, 0.5) is 0 Å². The highest BCUT2D eigenvalue weighted by Gasteiger charge is 2.25. The first-order valence-electron chi connectivity index (χ1n) is 5.94. The molecule has 3 nitrogen and oxygen atoms in total. The lowest BCUT2D eigenvalue weighted by molar-refractivity contribution is -0.122. The third-order valence-corrected chi connectivity index (χ3v) is 3.65. The number of rotatable bonds is 5. The van der Waals surface area contributed by atoms with Crippen LogP contribution < -0.4 is 10.6 Å². The Balaban J connectivity index is 1.80. The second kappa shape index (κ2) is 5.65. The van der Waals surface area contributed by atoms with E-state index in [1.54, 1.807) is 0 Å². The van der Waals surface area contributed by atoms with E-state index >= 15 is 0 Å². The van der Waals surface area contributed by atoms with Crippen LogP contribution in [0.2, 0.25) is 0 Å². The number of halogens is 1. The first-order valence-corrected chi connectivity index (χ1v) is 6.73. The number of carbonyl (C=O) groups excluding carboxylic acids is 1. The van der Waals surface area contributed by atoms with E-state index in [2.05, 4.69) is 26.6 Å². The fourth-order valence-corrected chi connectivity index (χ4v) is 1.98. The van der Waals surface area contributed by atoms with E-state index in [4.69, 9.17) is 0 Å². The molecule has 1 aliphatic rings. The normalized spacial score (nSPS) is 16.6. The molecule has 1 aliphatic carbocycles. The molecule has 1 unspecified atom stereocenters. The number of hydrogen-bond acceptors (Lipinski definition) is 2. The summed E-state index contributed by atoms with van der Waals surface area (Å²) in [5, 5.41) is 6.22. The van der Waals surface area contributed by atoms with Crippen molar-refractivity contribution in [2.24, 2.45) is 0 Å². The molecule has 1 atom stereocenters. The van der Waals surface area contributed by atoms with Gasteiger partial charge >= 0.3 is 0 Å². The molecule has 0 aliphatic heterocycles. The van der Waals surface area contributed by atoms with Crippen LogP contribution in [0.15, 0.2) is 28.7 Å². The molecular weight excluding hydrogens is 280 g/mol. The Morgan fingerprint density at radius 2 is 2.18 bits per heavy atom. The zero-order valence-electron chi connectivity index (χ0n) is 9.87. The highest BCUT2D eigenvalue weighted by molar-refractivity contribution is 9.10. The van der Waals surface area contributed by atoms with Gasteiger partial charge in [-0.2, -0.15) is 0 Å². The molecule has 1 saturated carbocycles. The zero-order valence-corrected chi connectivity index (χ0v) is 11.5. The third kappa shape index (κ3) is 3.82. The van der Waals surface area contributed by atoms with Gasteiger partial charge in [-0.3, -0.25) is 4.79 Å². The van der Waals surface area contributed by atoms with Crippen molar-refractivity contribution in [1.29, 1.82) is 0 Å². The highest BCUT2D eigenvalue weighted by Crippen LogP contribution is 2.19. The third-order valence-electron chi connectivity index (χ3n) is 2.87. The Hall–Kier alpha value is -0.870. The number of hydrogen-bond donors (Lipinski definition) is 2. The number of nitrogens with one attached hydrogen (secondary N) is 2. The summed E-state index contributed by atoms with van der Waals surface area (Å²) in [6.45, 7) is 2.59. The molecule has 1 aromatic rings. The average molecular weight is 297 g/mol. The van der Waals surface area contributed by atoms with Crippen molar-refractivity contribution in [2.75, 3.05) is 0 Å². The summed E-state index contributed by atoms with van der Waals surface area (Å²) >= 11 is 3.49. The summed E-state index contributed by atoms with van der Waals surface area (Å²) in [7, 11) is 0. The van der Waals surface area contributed by atoms with Gasteiger partial charge in [0, 0.05) is 17.1 Å². The highest BCUT2D eigenvalue weighted by atomic mass is 79.9. The molecule has 92 valence electrons. The molecule has 0 saturated heterocycles. The van der Waals surface area contributed by atoms with E-state index in [1.165, 1.54) is 5.56 Å². The quantitative estimate of drug-likeness (QED) is 0.875. The number of benzene rings is 1. The summed E-state index contributed by atoms with van der Waals surface area (Å²) in [6.07, 6.45) is 2.26. The molecule has 0 aromatic heterocycles. The van der Waals surface area contributed by atoms with Gasteiger partial charge in [0.25, 0.3) is 0 Å². The van der Waals surface area contributed by atoms with Crippen molar-refractivity contribution in [1.82, 2.24) is 10.6 Å². The molecule has 1 amide bonds. The van der Waals surface area contributed by atoms with E-state index in [9.17, 15) is 4.79 Å². The van der Waals surface area contributed by atoms with E-state index in [0.717, 1.165) is 17.3 Å². The fraction of sp³-hybridized carbons (Fsp3) is 0.462. The van der Waals surface area contributed by atoms with Crippen molar-refractivity contribution in [3.8, 4) is 0 Å². The lowest BCUT2D eigenvalue weighted by Gasteiger charge is -2.14. The Bertz CT molecular complexity index is 404. The van der Waals surface area contributed by atoms with Crippen molar-refractivity contribution < 1.29 is 4.79 Å².